The van der Waals surface area contributed by atoms with Gasteiger partial charge in [-0.05, 0) is 24.5 Å². The lowest BCUT2D eigenvalue weighted by atomic mass is 10.2. The predicted octanol–water partition coefficient (Wildman–Crippen LogP) is 2.39. The van der Waals surface area contributed by atoms with Crippen LogP contribution in [0.15, 0.2) is 18.2 Å². The zero-order valence-corrected chi connectivity index (χ0v) is 11.9. The van der Waals surface area contributed by atoms with Crippen LogP contribution in [0.1, 0.15) is 13.3 Å². The molecule has 1 aliphatic rings. The Labute approximate surface area is 125 Å². The molecule has 1 saturated carbocycles. The van der Waals surface area contributed by atoms with Gasteiger partial charge in [0.25, 0.3) is 11.6 Å². The van der Waals surface area contributed by atoms with Gasteiger partial charge in [-0.25, -0.2) is 0 Å². The second-order valence-corrected chi connectivity index (χ2v) is 5.33. The molecule has 1 fully saturated rings. The second kappa shape index (κ2) is 6.09. The lowest BCUT2D eigenvalue weighted by Crippen LogP contribution is -2.22. The zero-order valence-electron chi connectivity index (χ0n) is 11.2. The Hall–Kier alpha value is -2.15. The van der Waals surface area contributed by atoms with E-state index in [0.29, 0.717) is 0 Å². The maximum atomic E-state index is 11.7. The topological polar surface area (TPSA) is 98.5 Å². The van der Waals surface area contributed by atoms with Crippen LogP contribution in [0.25, 0.3) is 0 Å². The van der Waals surface area contributed by atoms with E-state index in [1.165, 1.54) is 12.1 Å². The molecular weight excluding hydrogens is 300 g/mol. The summed E-state index contributed by atoms with van der Waals surface area (Å²) in [6, 6.07) is 3.88. The molecule has 21 heavy (non-hydrogen) atoms. The molecule has 0 spiro atoms. The number of hydrogen-bond donors (Lipinski definition) is 1. The van der Waals surface area contributed by atoms with Gasteiger partial charge in [-0.3, -0.25) is 19.7 Å². The Kier molecular flexibility index (Phi) is 4.42. The molecule has 1 aromatic carbocycles. The van der Waals surface area contributed by atoms with Crippen molar-refractivity contribution in [2.45, 2.75) is 13.3 Å². The number of ether oxygens (including phenoxy) is 1. The number of nitrogens with one attached hydrogen (secondary N) is 1. The maximum absolute atomic E-state index is 11.7. The molecule has 1 aliphatic carbocycles. The van der Waals surface area contributed by atoms with E-state index in [1.807, 2.05) is 6.92 Å². The van der Waals surface area contributed by atoms with Crippen molar-refractivity contribution < 1.29 is 19.2 Å². The number of nitrogens with zero attached hydrogens (tertiary/aromatic N) is 1. The first-order chi connectivity index (χ1) is 9.88. The van der Waals surface area contributed by atoms with Crippen LogP contribution in [0, 0.1) is 22.0 Å². The van der Waals surface area contributed by atoms with Gasteiger partial charge in [0.1, 0.15) is 5.69 Å². The summed E-state index contributed by atoms with van der Waals surface area (Å²) < 4.78 is 4.85. The van der Waals surface area contributed by atoms with Crippen molar-refractivity contribution in [3.05, 3.63) is 33.3 Å². The maximum Gasteiger partial charge on any atom is 0.309 e. The molecule has 0 bridgehead atoms. The summed E-state index contributed by atoms with van der Waals surface area (Å²) >= 11 is 5.67. The van der Waals surface area contributed by atoms with Crippen molar-refractivity contribution >= 4 is 34.9 Å². The third-order valence-electron chi connectivity index (χ3n) is 3.19. The van der Waals surface area contributed by atoms with Crippen LogP contribution in [-0.4, -0.2) is 23.4 Å². The minimum Gasteiger partial charge on any atom is -0.455 e. The monoisotopic (exact) mass is 312 g/mol. The Morgan fingerprint density at radius 2 is 2.19 bits per heavy atom. The van der Waals surface area contributed by atoms with Crippen LogP contribution in [-0.2, 0) is 14.3 Å². The molecule has 1 N–H and O–H groups in total. The standard InChI is InChI=1S/C13H13ClN2O5/c1-7-4-9(7)13(18)21-6-12(17)15-10-3-2-8(14)5-11(10)16(19)20/h2-3,5,7,9H,4,6H2,1H3,(H,15,17)/t7-,9+/m0/s1. The van der Waals surface area contributed by atoms with Crippen molar-refractivity contribution in [1.29, 1.82) is 0 Å². The summed E-state index contributed by atoms with van der Waals surface area (Å²) in [5, 5.41) is 13.4. The van der Waals surface area contributed by atoms with Crippen molar-refractivity contribution in [3.8, 4) is 0 Å². The van der Waals surface area contributed by atoms with Gasteiger partial charge in [-0.2, -0.15) is 0 Å². The predicted molar refractivity (Wildman–Crippen MR) is 75.0 cm³/mol. The summed E-state index contributed by atoms with van der Waals surface area (Å²) in [6.07, 6.45) is 0.767. The molecule has 0 heterocycles. The van der Waals surface area contributed by atoms with E-state index in [-0.39, 0.29) is 28.2 Å². The molecular formula is C13H13ClN2O5. The van der Waals surface area contributed by atoms with E-state index >= 15 is 0 Å². The van der Waals surface area contributed by atoms with Gasteiger partial charge in [0.15, 0.2) is 6.61 Å². The zero-order chi connectivity index (χ0) is 15.6. The molecule has 0 unspecified atom stereocenters. The lowest BCUT2D eigenvalue weighted by molar-refractivity contribution is -0.383. The highest BCUT2D eigenvalue weighted by molar-refractivity contribution is 6.31. The highest BCUT2D eigenvalue weighted by Crippen LogP contribution is 2.38. The molecule has 112 valence electrons. The fourth-order valence-electron chi connectivity index (χ4n) is 1.84. The first-order valence-corrected chi connectivity index (χ1v) is 6.66. The molecule has 0 aliphatic heterocycles. The Morgan fingerprint density at radius 3 is 2.76 bits per heavy atom. The minimum atomic E-state index is -0.653. The van der Waals surface area contributed by atoms with Crippen LogP contribution >= 0.6 is 11.6 Å². The van der Waals surface area contributed by atoms with Crippen LogP contribution in [0.2, 0.25) is 5.02 Å². The smallest absolute Gasteiger partial charge is 0.309 e. The normalized spacial score (nSPS) is 19.7. The van der Waals surface area contributed by atoms with Gasteiger partial charge in [-0.15, -0.1) is 0 Å². The highest BCUT2D eigenvalue weighted by atomic mass is 35.5. The molecule has 0 radical (unpaired) electrons. The fraction of sp³-hybridized carbons (Fsp3) is 0.385. The van der Waals surface area contributed by atoms with Crippen LogP contribution in [0.3, 0.4) is 0 Å². The average Bonchev–Trinajstić information content (AvgIpc) is 3.15. The largest absolute Gasteiger partial charge is 0.455 e. The van der Waals surface area contributed by atoms with E-state index in [0.717, 1.165) is 12.5 Å². The van der Waals surface area contributed by atoms with Gasteiger partial charge in [0.05, 0.1) is 10.8 Å². The average molecular weight is 313 g/mol. The second-order valence-electron chi connectivity index (χ2n) is 4.89. The first kappa shape index (κ1) is 15.2. The van der Waals surface area contributed by atoms with Gasteiger partial charge in [0, 0.05) is 11.1 Å². The van der Waals surface area contributed by atoms with Gasteiger partial charge < -0.3 is 10.1 Å². The number of anilines is 1. The van der Waals surface area contributed by atoms with E-state index in [2.05, 4.69) is 5.32 Å². The summed E-state index contributed by atoms with van der Waals surface area (Å²) in [5.74, 6) is -0.897. The number of nitro groups is 1. The number of nitro benzene ring substituents is 1. The van der Waals surface area contributed by atoms with Gasteiger partial charge in [0.2, 0.25) is 0 Å². The van der Waals surface area contributed by atoms with E-state index in [4.69, 9.17) is 16.3 Å². The molecule has 1 aromatic rings. The lowest BCUT2D eigenvalue weighted by Gasteiger charge is -2.07. The summed E-state index contributed by atoms with van der Waals surface area (Å²) in [7, 11) is 0. The van der Waals surface area contributed by atoms with Crippen LogP contribution in [0.5, 0.6) is 0 Å². The molecule has 0 saturated heterocycles. The highest BCUT2D eigenvalue weighted by Gasteiger charge is 2.40. The number of rotatable bonds is 5. The van der Waals surface area contributed by atoms with Crippen LogP contribution < -0.4 is 5.32 Å². The Morgan fingerprint density at radius 1 is 1.52 bits per heavy atom. The molecule has 2 rings (SSSR count). The quantitative estimate of drug-likeness (QED) is 0.511. The van der Waals surface area contributed by atoms with E-state index in [9.17, 15) is 19.7 Å². The summed E-state index contributed by atoms with van der Waals surface area (Å²) in [4.78, 5) is 33.3. The van der Waals surface area contributed by atoms with Crippen molar-refractivity contribution in [3.63, 3.8) is 0 Å². The summed E-state index contributed by atoms with van der Waals surface area (Å²) in [6.45, 7) is 1.45. The number of carbonyl (C=O) groups is 2. The number of amides is 1. The van der Waals surface area contributed by atoms with Gasteiger partial charge in [-0.1, -0.05) is 18.5 Å². The molecule has 7 nitrogen and oxygen atoms in total. The van der Waals surface area contributed by atoms with Gasteiger partial charge >= 0.3 is 5.97 Å². The molecule has 0 aromatic heterocycles. The van der Waals surface area contributed by atoms with Crippen LogP contribution in [0.4, 0.5) is 11.4 Å². The third kappa shape index (κ3) is 3.91. The number of halogens is 1. The molecule has 8 heteroatoms. The van der Waals surface area contributed by atoms with Crippen molar-refractivity contribution in [2.75, 3.05) is 11.9 Å². The molecule has 2 atom stereocenters. The van der Waals surface area contributed by atoms with Crippen molar-refractivity contribution in [2.24, 2.45) is 11.8 Å². The summed E-state index contributed by atoms with van der Waals surface area (Å²) in [5.41, 5.74) is -0.316. The number of esters is 1. The van der Waals surface area contributed by atoms with E-state index in [1.54, 1.807) is 0 Å². The fourth-order valence-corrected chi connectivity index (χ4v) is 2.01. The third-order valence-corrected chi connectivity index (χ3v) is 3.42. The first-order valence-electron chi connectivity index (χ1n) is 6.29. The Bertz CT molecular complexity index is 604. The number of hydrogen-bond acceptors (Lipinski definition) is 5. The molecule has 1 amide bonds. The van der Waals surface area contributed by atoms with E-state index < -0.39 is 23.4 Å². The number of carbonyl (C=O) groups excluding carboxylic acids is 2. The number of benzene rings is 1. The minimum absolute atomic E-state index is 0.00485. The SMILES string of the molecule is C[C@H]1C[C@H]1C(=O)OCC(=O)Nc1ccc(Cl)cc1[N+](=O)[O-]. The van der Waals surface area contributed by atoms with Crippen molar-refractivity contribution in [1.82, 2.24) is 0 Å². The Balaban J connectivity index is 1.93.